The third-order valence-corrected chi connectivity index (χ3v) is 4.69. The highest BCUT2D eigenvalue weighted by atomic mass is 16.4. The van der Waals surface area contributed by atoms with Gasteiger partial charge in [0.25, 0.3) is 0 Å². The SMILES string of the molecule is O=C(O)CN(CC1CC1)C1CC(NC(=O)CC2CC2)C1. The van der Waals surface area contributed by atoms with Gasteiger partial charge >= 0.3 is 5.97 Å². The number of nitrogens with zero attached hydrogens (tertiary/aromatic N) is 1. The van der Waals surface area contributed by atoms with Crippen LogP contribution in [0, 0.1) is 11.8 Å². The van der Waals surface area contributed by atoms with Crippen molar-refractivity contribution in [3.8, 4) is 0 Å². The summed E-state index contributed by atoms with van der Waals surface area (Å²) in [5.74, 6) is 0.775. The number of nitrogens with one attached hydrogen (secondary N) is 1. The van der Waals surface area contributed by atoms with Crippen molar-refractivity contribution in [1.82, 2.24) is 10.2 Å². The quantitative estimate of drug-likeness (QED) is 0.701. The minimum Gasteiger partial charge on any atom is -0.480 e. The lowest BCUT2D eigenvalue weighted by molar-refractivity contribution is -0.140. The summed E-state index contributed by atoms with van der Waals surface area (Å²) in [6.45, 7) is 1.06. The molecule has 0 atom stereocenters. The molecule has 5 heteroatoms. The molecule has 3 fully saturated rings. The summed E-state index contributed by atoms with van der Waals surface area (Å²) < 4.78 is 0. The van der Waals surface area contributed by atoms with Gasteiger partial charge in [0.2, 0.25) is 5.91 Å². The van der Waals surface area contributed by atoms with Crippen LogP contribution >= 0.6 is 0 Å². The van der Waals surface area contributed by atoms with Gasteiger partial charge in [0, 0.05) is 25.0 Å². The van der Waals surface area contributed by atoms with E-state index in [1.807, 2.05) is 0 Å². The van der Waals surface area contributed by atoms with Crippen LogP contribution < -0.4 is 5.32 Å². The average Bonchev–Trinajstić information content (AvgIpc) is 3.16. The Labute approximate surface area is 119 Å². The minimum atomic E-state index is -0.744. The van der Waals surface area contributed by atoms with Crippen molar-refractivity contribution in [3.63, 3.8) is 0 Å². The van der Waals surface area contributed by atoms with Crippen LogP contribution in [0.2, 0.25) is 0 Å². The largest absolute Gasteiger partial charge is 0.480 e. The van der Waals surface area contributed by atoms with E-state index in [-0.39, 0.29) is 18.5 Å². The lowest BCUT2D eigenvalue weighted by Crippen LogP contribution is -2.55. The summed E-state index contributed by atoms with van der Waals surface area (Å²) in [4.78, 5) is 24.8. The molecule has 2 N–H and O–H groups in total. The number of carboxylic acid groups (broad SMARTS) is 1. The van der Waals surface area contributed by atoms with E-state index in [2.05, 4.69) is 10.2 Å². The van der Waals surface area contributed by atoms with Gasteiger partial charge in [-0.15, -0.1) is 0 Å². The molecule has 0 radical (unpaired) electrons. The Kier molecular flexibility index (Phi) is 3.96. The molecule has 112 valence electrons. The lowest BCUT2D eigenvalue weighted by atomic mass is 9.85. The average molecular weight is 280 g/mol. The molecule has 20 heavy (non-hydrogen) atoms. The molecule has 3 aliphatic rings. The zero-order valence-electron chi connectivity index (χ0n) is 11.9. The van der Waals surface area contributed by atoms with Crippen molar-refractivity contribution in [1.29, 1.82) is 0 Å². The number of hydrogen-bond donors (Lipinski definition) is 2. The van der Waals surface area contributed by atoms with Gasteiger partial charge in [-0.3, -0.25) is 14.5 Å². The molecule has 0 unspecified atom stereocenters. The van der Waals surface area contributed by atoms with E-state index in [1.165, 1.54) is 25.7 Å². The topological polar surface area (TPSA) is 69.6 Å². The van der Waals surface area contributed by atoms with Crippen LogP contribution in [0.5, 0.6) is 0 Å². The van der Waals surface area contributed by atoms with E-state index in [0.717, 1.165) is 19.4 Å². The van der Waals surface area contributed by atoms with Crippen LogP contribution in [0.4, 0.5) is 0 Å². The first-order chi connectivity index (χ1) is 9.60. The standard InChI is InChI=1S/C15H24N2O3/c18-14(5-10-1-2-10)16-12-6-13(7-12)17(9-15(19)20)8-11-3-4-11/h10-13H,1-9H2,(H,16,18)(H,19,20). The highest BCUT2D eigenvalue weighted by molar-refractivity contribution is 5.77. The first kappa shape index (κ1) is 13.9. The smallest absolute Gasteiger partial charge is 0.317 e. The Bertz CT molecular complexity index is 385. The van der Waals surface area contributed by atoms with E-state index < -0.39 is 5.97 Å². The van der Waals surface area contributed by atoms with Gasteiger partial charge in [0.05, 0.1) is 6.54 Å². The summed E-state index contributed by atoms with van der Waals surface area (Å²) in [5.41, 5.74) is 0. The number of carbonyl (C=O) groups excluding carboxylic acids is 1. The van der Waals surface area contributed by atoms with Crippen LogP contribution in [-0.4, -0.2) is 47.1 Å². The first-order valence-corrected chi connectivity index (χ1v) is 7.85. The van der Waals surface area contributed by atoms with Crippen LogP contribution in [0.1, 0.15) is 44.9 Å². The fourth-order valence-electron chi connectivity index (χ4n) is 3.02. The summed E-state index contributed by atoms with van der Waals surface area (Å²) in [5, 5.41) is 12.1. The Balaban J connectivity index is 1.39. The van der Waals surface area contributed by atoms with Gasteiger partial charge in [0.1, 0.15) is 0 Å². The molecule has 3 aliphatic carbocycles. The second-order valence-corrected chi connectivity index (χ2v) is 6.80. The molecule has 3 saturated carbocycles. The maximum Gasteiger partial charge on any atom is 0.317 e. The molecule has 3 rings (SSSR count). The second kappa shape index (κ2) is 5.72. The van der Waals surface area contributed by atoms with Crippen LogP contribution in [0.15, 0.2) is 0 Å². The molecule has 0 aliphatic heterocycles. The molecular weight excluding hydrogens is 256 g/mol. The first-order valence-electron chi connectivity index (χ1n) is 7.85. The van der Waals surface area contributed by atoms with Crippen LogP contribution in [0.25, 0.3) is 0 Å². The molecule has 0 spiro atoms. The molecule has 0 bridgehead atoms. The maximum atomic E-state index is 11.7. The molecule has 0 saturated heterocycles. The van der Waals surface area contributed by atoms with Crippen LogP contribution in [0.3, 0.4) is 0 Å². The summed E-state index contributed by atoms with van der Waals surface area (Å²) >= 11 is 0. The third-order valence-electron chi connectivity index (χ3n) is 4.69. The van der Waals surface area contributed by atoms with Crippen molar-refractivity contribution in [2.24, 2.45) is 11.8 Å². The zero-order valence-corrected chi connectivity index (χ0v) is 11.9. The van der Waals surface area contributed by atoms with Gasteiger partial charge in [-0.25, -0.2) is 0 Å². The highest BCUT2D eigenvalue weighted by Gasteiger charge is 2.38. The molecule has 0 aromatic rings. The normalized spacial score (nSPS) is 29.1. The Hall–Kier alpha value is -1.10. The Morgan fingerprint density at radius 2 is 1.75 bits per heavy atom. The molecule has 5 nitrogen and oxygen atoms in total. The number of aliphatic carboxylic acids is 1. The van der Waals surface area contributed by atoms with E-state index in [9.17, 15) is 9.59 Å². The van der Waals surface area contributed by atoms with E-state index >= 15 is 0 Å². The Morgan fingerprint density at radius 1 is 1.10 bits per heavy atom. The number of rotatable bonds is 8. The monoisotopic (exact) mass is 280 g/mol. The van der Waals surface area contributed by atoms with Crippen molar-refractivity contribution < 1.29 is 14.7 Å². The minimum absolute atomic E-state index is 0.143. The maximum absolute atomic E-state index is 11.7. The number of amides is 1. The third kappa shape index (κ3) is 3.95. The van der Waals surface area contributed by atoms with Crippen molar-refractivity contribution in [2.45, 2.75) is 57.0 Å². The van der Waals surface area contributed by atoms with Crippen molar-refractivity contribution in [2.75, 3.05) is 13.1 Å². The summed E-state index contributed by atoms with van der Waals surface area (Å²) in [6.07, 6.45) is 7.40. The molecular formula is C15H24N2O3. The summed E-state index contributed by atoms with van der Waals surface area (Å²) in [6, 6.07) is 0.611. The van der Waals surface area contributed by atoms with E-state index in [1.54, 1.807) is 0 Å². The van der Waals surface area contributed by atoms with Crippen molar-refractivity contribution in [3.05, 3.63) is 0 Å². The number of hydrogen-bond acceptors (Lipinski definition) is 3. The predicted molar refractivity (Wildman–Crippen MR) is 74.2 cm³/mol. The molecule has 0 aromatic heterocycles. The fourth-order valence-corrected chi connectivity index (χ4v) is 3.02. The van der Waals surface area contributed by atoms with Gasteiger partial charge in [0.15, 0.2) is 0 Å². The lowest BCUT2D eigenvalue weighted by Gasteiger charge is -2.42. The highest BCUT2D eigenvalue weighted by Crippen LogP contribution is 2.35. The van der Waals surface area contributed by atoms with Crippen molar-refractivity contribution >= 4 is 11.9 Å². The van der Waals surface area contributed by atoms with Crippen LogP contribution in [-0.2, 0) is 9.59 Å². The summed E-state index contributed by atoms with van der Waals surface area (Å²) in [7, 11) is 0. The Morgan fingerprint density at radius 3 is 2.30 bits per heavy atom. The van der Waals surface area contributed by atoms with Gasteiger partial charge < -0.3 is 10.4 Å². The van der Waals surface area contributed by atoms with Gasteiger partial charge in [-0.1, -0.05) is 0 Å². The molecule has 0 heterocycles. The van der Waals surface area contributed by atoms with Gasteiger partial charge in [-0.2, -0.15) is 0 Å². The second-order valence-electron chi connectivity index (χ2n) is 6.80. The molecule has 1 amide bonds. The number of carboxylic acids is 1. The molecule has 0 aromatic carbocycles. The van der Waals surface area contributed by atoms with Gasteiger partial charge in [-0.05, 0) is 50.4 Å². The zero-order chi connectivity index (χ0) is 14.1. The fraction of sp³-hybridized carbons (Fsp3) is 0.867. The number of carbonyl (C=O) groups is 2. The predicted octanol–water partition coefficient (Wildman–Crippen LogP) is 1.23. The van der Waals surface area contributed by atoms with E-state index in [4.69, 9.17) is 5.11 Å². The van der Waals surface area contributed by atoms with E-state index in [0.29, 0.717) is 24.3 Å².